The molecule has 0 bridgehead atoms. The van der Waals surface area contributed by atoms with Gasteiger partial charge in [-0.15, -0.1) is 11.3 Å². The molecular formula is C14H18N2OS. The fraction of sp³-hybridized carbons (Fsp3) is 0.571. The third-order valence-corrected chi connectivity index (χ3v) is 4.72. The van der Waals surface area contributed by atoms with Crippen LogP contribution < -0.4 is 5.43 Å². The van der Waals surface area contributed by atoms with Gasteiger partial charge >= 0.3 is 0 Å². The molecule has 0 aromatic carbocycles. The number of ketones is 1. The molecule has 3 rings (SSSR count). The number of nitrogens with zero attached hydrogens (tertiary/aromatic N) is 1. The summed E-state index contributed by atoms with van der Waals surface area (Å²) in [6.45, 7) is 4.33. The molecule has 0 unspecified atom stereocenters. The molecule has 1 aromatic heterocycles. The molecule has 18 heavy (non-hydrogen) atoms. The van der Waals surface area contributed by atoms with Crippen molar-refractivity contribution in [1.29, 1.82) is 0 Å². The number of nitrogens with one attached hydrogen (secondary N) is 1. The van der Waals surface area contributed by atoms with Gasteiger partial charge in [0.1, 0.15) is 5.78 Å². The quantitative estimate of drug-likeness (QED) is 0.890. The summed E-state index contributed by atoms with van der Waals surface area (Å²) in [4.78, 5) is 13.6. The summed E-state index contributed by atoms with van der Waals surface area (Å²) in [6.07, 6.45) is 2.53. The van der Waals surface area contributed by atoms with E-state index >= 15 is 0 Å². The van der Waals surface area contributed by atoms with Crippen LogP contribution in [0.25, 0.3) is 0 Å². The molecule has 1 saturated carbocycles. The number of Topliss-reactive ketones (excluding diaryl/α,β-unsaturated/α-hetero) is 1. The second-order valence-electron chi connectivity index (χ2n) is 6.08. The first-order valence-corrected chi connectivity index (χ1v) is 7.30. The van der Waals surface area contributed by atoms with Crippen molar-refractivity contribution < 1.29 is 4.79 Å². The fourth-order valence-electron chi connectivity index (χ4n) is 3.11. The summed E-state index contributed by atoms with van der Waals surface area (Å²) in [7, 11) is 0. The van der Waals surface area contributed by atoms with Gasteiger partial charge in [0.25, 0.3) is 0 Å². The number of rotatable bonds is 2. The molecule has 1 aliphatic carbocycles. The third kappa shape index (κ3) is 2.09. The van der Waals surface area contributed by atoms with Crippen molar-refractivity contribution in [3.05, 3.63) is 22.4 Å². The van der Waals surface area contributed by atoms with Gasteiger partial charge < -0.3 is 5.43 Å². The third-order valence-electron chi connectivity index (χ3n) is 3.84. The second kappa shape index (κ2) is 4.19. The molecule has 1 N–H and O–H groups in total. The first kappa shape index (κ1) is 11.9. The molecule has 1 aromatic rings. The van der Waals surface area contributed by atoms with Crippen LogP contribution in [-0.2, 0) is 11.2 Å². The molecule has 1 aliphatic heterocycles. The minimum atomic E-state index is 0.0140. The summed E-state index contributed by atoms with van der Waals surface area (Å²) in [6, 6.07) is 4.38. The summed E-state index contributed by atoms with van der Waals surface area (Å²) >= 11 is 1.73. The number of carbonyl (C=O) groups excluding carboxylic acids is 1. The molecule has 0 saturated heterocycles. The highest BCUT2D eigenvalue weighted by molar-refractivity contribution is 7.10. The van der Waals surface area contributed by atoms with Crippen molar-refractivity contribution in [1.82, 2.24) is 5.43 Å². The minimum Gasteiger partial charge on any atom is -0.306 e. The lowest BCUT2D eigenvalue weighted by Gasteiger charge is -2.36. The molecule has 3 nitrogen and oxygen atoms in total. The summed E-state index contributed by atoms with van der Waals surface area (Å²) in [5, 5.41) is 6.49. The predicted octanol–water partition coefficient (Wildman–Crippen LogP) is 2.62. The van der Waals surface area contributed by atoms with E-state index in [-0.39, 0.29) is 17.4 Å². The van der Waals surface area contributed by atoms with Crippen molar-refractivity contribution in [2.75, 3.05) is 0 Å². The van der Waals surface area contributed by atoms with Crippen LogP contribution >= 0.6 is 11.3 Å². The average Bonchev–Trinajstić information content (AvgIpc) is 2.87. The minimum absolute atomic E-state index is 0.0140. The second-order valence-corrected chi connectivity index (χ2v) is 7.12. The van der Waals surface area contributed by atoms with Crippen molar-refractivity contribution in [3.63, 3.8) is 0 Å². The summed E-state index contributed by atoms with van der Waals surface area (Å²) < 4.78 is 0. The normalized spacial score (nSPS) is 29.7. The van der Waals surface area contributed by atoms with Gasteiger partial charge in [0.15, 0.2) is 0 Å². The smallest absolute Gasteiger partial charge is 0.144 e. The number of hydrazone groups is 1. The van der Waals surface area contributed by atoms with Crippen LogP contribution in [0.2, 0.25) is 0 Å². The monoisotopic (exact) mass is 262 g/mol. The zero-order valence-electron chi connectivity index (χ0n) is 10.8. The largest absolute Gasteiger partial charge is 0.306 e. The Morgan fingerprint density at radius 3 is 3.11 bits per heavy atom. The topological polar surface area (TPSA) is 41.5 Å². The SMILES string of the molecule is CC1(C)CC(=O)[C@@H]2C(Cc3cccs3)=NN[C@H]2C1. The van der Waals surface area contributed by atoms with Crippen molar-refractivity contribution >= 4 is 22.8 Å². The highest BCUT2D eigenvalue weighted by Gasteiger charge is 2.45. The number of carbonyl (C=O) groups is 1. The molecule has 1 fully saturated rings. The van der Waals surface area contributed by atoms with Crippen LogP contribution in [0.3, 0.4) is 0 Å². The lowest BCUT2D eigenvalue weighted by molar-refractivity contribution is -0.126. The van der Waals surface area contributed by atoms with Crippen LogP contribution in [-0.4, -0.2) is 17.5 Å². The number of hydrogen-bond donors (Lipinski definition) is 1. The molecule has 0 radical (unpaired) electrons. The van der Waals surface area contributed by atoms with Crippen molar-refractivity contribution in [3.8, 4) is 0 Å². The van der Waals surface area contributed by atoms with Crippen molar-refractivity contribution in [2.24, 2.45) is 16.4 Å². The van der Waals surface area contributed by atoms with Crippen LogP contribution in [0.5, 0.6) is 0 Å². The lowest BCUT2D eigenvalue weighted by Crippen LogP contribution is -2.45. The number of hydrogen-bond acceptors (Lipinski definition) is 4. The van der Waals surface area contributed by atoms with Gasteiger partial charge in [-0.1, -0.05) is 19.9 Å². The molecule has 0 spiro atoms. The maximum atomic E-state index is 12.3. The molecule has 2 atom stereocenters. The van der Waals surface area contributed by atoms with Gasteiger partial charge in [0, 0.05) is 17.7 Å². The van der Waals surface area contributed by atoms with Crippen molar-refractivity contribution in [2.45, 2.75) is 39.2 Å². The number of fused-ring (bicyclic) bond motifs is 1. The van der Waals surface area contributed by atoms with E-state index in [4.69, 9.17) is 0 Å². The Labute approximate surface area is 111 Å². The Bertz CT molecular complexity index is 490. The van der Waals surface area contributed by atoms with Crippen LogP contribution in [0.1, 0.15) is 31.6 Å². The van der Waals surface area contributed by atoms with Gasteiger partial charge in [0.05, 0.1) is 17.7 Å². The Kier molecular flexibility index (Phi) is 2.77. The van der Waals surface area contributed by atoms with Crippen LogP contribution in [0.15, 0.2) is 22.6 Å². The van der Waals surface area contributed by atoms with Gasteiger partial charge in [0.2, 0.25) is 0 Å². The summed E-state index contributed by atoms with van der Waals surface area (Å²) in [5.74, 6) is 0.372. The average molecular weight is 262 g/mol. The Hall–Kier alpha value is -1.16. The van der Waals surface area contributed by atoms with Gasteiger partial charge in [-0.25, -0.2) is 0 Å². The molecule has 2 heterocycles. The predicted molar refractivity (Wildman–Crippen MR) is 73.9 cm³/mol. The maximum Gasteiger partial charge on any atom is 0.144 e. The molecule has 96 valence electrons. The standard InChI is InChI=1S/C14H18N2OS/c1-14(2)7-11-13(12(17)8-14)10(15-16-11)6-9-4-3-5-18-9/h3-5,11,13,16H,6-8H2,1-2H3/t11-,13+/m0/s1. The van der Waals surface area contributed by atoms with Gasteiger partial charge in [-0.2, -0.15) is 5.10 Å². The van der Waals surface area contributed by atoms with E-state index in [0.717, 1.165) is 18.6 Å². The molecule has 0 amide bonds. The highest BCUT2D eigenvalue weighted by atomic mass is 32.1. The van der Waals surface area contributed by atoms with Gasteiger partial charge in [-0.05, 0) is 23.3 Å². The zero-order chi connectivity index (χ0) is 12.8. The maximum absolute atomic E-state index is 12.3. The zero-order valence-corrected chi connectivity index (χ0v) is 11.6. The first-order chi connectivity index (χ1) is 8.55. The summed E-state index contributed by atoms with van der Waals surface area (Å²) in [5.41, 5.74) is 4.32. The lowest BCUT2D eigenvalue weighted by atomic mass is 9.68. The van der Waals surface area contributed by atoms with E-state index in [9.17, 15) is 4.79 Å². The van der Waals surface area contributed by atoms with E-state index in [0.29, 0.717) is 12.2 Å². The van der Waals surface area contributed by atoms with E-state index < -0.39 is 0 Å². The Morgan fingerprint density at radius 2 is 2.39 bits per heavy atom. The fourth-order valence-corrected chi connectivity index (χ4v) is 3.83. The molecular weight excluding hydrogens is 244 g/mol. The van der Waals surface area contributed by atoms with Crippen LogP contribution in [0.4, 0.5) is 0 Å². The van der Waals surface area contributed by atoms with Gasteiger partial charge in [-0.3, -0.25) is 4.79 Å². The van der Waals surface area contributed by atoms with E-state index in [1.165, 1.54) is 4.88 Å². The Morgan fingerprint density at radius 1 is 1.56 bits per heavy atom. The first-order valence-electron chi connectivity index (χ1n) is 6.42. The number of thiophene rings is 1. The van der Waals surface area contributed by atoms with Crippen LogP contribution in [0, 0.1) is 11.3 Å². The molecule has 2 aliphatic rings. The molecule has 4 heteroatoms. The highest BCUT2D eigenvalue weighted by Crippen LogP contribution is 2.39. The Balaban J connectivity index is 1.78. The van der Waals surface area contributed by atoms with E-state index in [1.54, 1.807) is 11.3 Å². The van der Waals surface area contributed by atoms with E-state index in [1.807, 2.05) is 6.07 Å². The van der Waals surface area contributed by atoms with E-state index in [2.05, 4.69) is 35.8 Å².